The summed E-state index contributed by atoms with van der Waals surface area (Å²) in [5.41, 5.74) is 18.6. The molecule has 68 heavy (non-hydrogen) atoms. The minimum atomic E-state index is 0.146. The molecule has 1 aliphatic carbocycles. The Morgan fingerprint density at radius 1 is 0.309 bits per heavy atom. The Labute approximate surface area is 412 Å². The first kappa shape index (κ1) is 53.9. The number of H-pyrrole nitrogens is 4. The van der Waals surface area contributed by atoms with Crippen LogP contribution in [0.2, 0.25) is 0 Å². The summed E-state index contributed by atoms with van der Waals surface area (Å²) in [6, 6.07) is 22.6. The zero-order chi connectivity index (χ0) is 51.4. The topological polar surface area (TPSA) is 76.0 Å². The molecule has 5 nitrogen and oxygen atoms in total. The molecule has 0 atom stereocenters. The second kappa shape index (κ2) is 18.7. The Balaban J connectivity index is 0.000000169. The normalized spacial score (nSPS) is 13.3. The second-order valence-electron chi connectivity index (χ2n) is 27.7. The van der Waals surface area contributed by atoms with Gasteiger partial charge in [0, 0.05) is 69.4 Å². The van der Waals surface area contributed by atoms with Crippen LogP contribution in [-0.2, 0) is 43.3 Å². The smallest absolute Gasteiger partial charge is 0.137 e. The van der Waals surface area contributed by atoms with Gasteiger partial charge in [-0.05, 0) is 130 Å². The summed E-state index contributed by atoms with van der Waals surface area (Å²) < 4.78 is 0. The van der Waals surface area contributed by atoms with Gasteiger partial charge in [0.05, 0.1) is 0 Å². The van der Waals surface area contributed by atoms with Crippen LogP contribution in [-0.4, -0.2) is 24.9 Å². The lowest BCUT2D eigenvalue weighted by molar-refractivity contribution is 0.583. The number of benzene rings is 2. The molecule has 368 valence electrons. The molecule has 5 heterocycles. The van der Waals surface area contributed by atoms with E-state index in [9.17, 15) is 0 Å². The second-order valence-corrected chi connectivity index (χ2v) is 27.7. The van der Waals surface area contributed by atoms with E-state index < -0.39 is 0 Å². The Bertz CT molecular complexity index is 2630. The molecule has 5 heteroatoms. The summed E-state index contributed by atoms with van der Waals surface area (Å²) in [6.07, 6.45) is 10.5. The Kier molecular flexibility index (Phi) is 14.8. The average molecular weight is 918 g/mol. The lowest BCUT2D eigenvalue weighted by atomic mass is 9.83. The van der Waals surface area contributed by atoms with Crippen LogP contribution in [0.4, 0.5) is 0 Å². The minimum Gasteiger partial charge on any atom is -0.361 e. The summed E-state index contributed by atoms with van der Waals surface area (Å²) in [5.74, 6) is 0. The summed E-state index contributed by atoms with van der Waals surface area (Å²) in [4.78, 5) is 18.0. The molecule has 0 saturated heterocycles. The van der Waals surface area contributed by atoms with Gasteiger partial charge in [-0.1, -0.05) is 184 Å². The van der Waals surface area contributed by atoms with Crippen molar-refractivity contribution in [2.45, 2.75) is 209 Å². The van der Waals surface area contributed by atoms with Gasteiger partial charge in [-0.15, -0.1) is 0 Å². The van der Waals surface area contributed by atoms with Crippen LogP contribution in [0, 0.1) is 0 Å². The lowest BCUT2D eigenvalue weighted by Crippen LogP contribution is -2.14. The molecule has 4 aromatic heterocycles. The standard InChI is InChI=1S/3C16H23N.C15H22N2/c1-15(2,3)11-9-12-13(16(4,5)6)7-8-14(12)17-10-11;2*1-15(2,3)11-7-8-14-12(9-11)13(10-17-14)16(4,5)6;1-14(2,3)10-7-11-12(15(4,5)6)9-17-13(11)16-8-10/h3*7-10,17H,1-6H3;7-9H,1-6H3,(H,16,17). The number of aromatic nitrogens is 5. The van der Waals surface area contributed by atoms with Gasteiger partial charge >= 0.3 is 0 Å². The molecule has 0 radical (unpaired) electrons. The van der Waals surface area contributed by atoms with Crippen LogP contribution in [0.25, 0.3) is 44.1 Å². The highest BCUT2D eigenvalue weighted by molar-refractivity contribution is 5.86. The Morgan fingerprint density at radius 3 is 1.09 bits per heavy atom. The van der Waals surface area contributed by atoms with Gasteiger partial charge in [0.2, 0.25) is 0 Å². The first-order chi connectivity index (χ1) is 30.8. The fourth-order valence-electron chi connectivity index (χ4n) is 8.66. The Morgan fingerprint density at radius 2 is 0.691 bits per heavy atom. The Hall–Kier alpha value is -5.03. The maximum absolute atomic E-state index is 4.53. The van der Waals surface area contributed by atoms with Crippen molar-refractivity contribution >= 4 is 32.8 Å². The van der Waals surface area contributed by atoms with E-state index in [1.165, 1.54) is 83.0 Å². The molecular weight excluding hydrogens is 827 g/mol. The molecule has 0 saturated carbocycles. The summed E-state index contributed by atoms with van der Waals surface area (Å²) in [5, 5.41) is 3.99. The van der Waals surface area contributed by atoms with Gasteiger partial charge in [0.1, 0.15) is 5.65 Å². The third-order valence-corrected chi connectivity index (χ3v) is 13.3. The van der Waals surface area contributed by atoms with Gasteiger partial charge in [0.15, 0.2) is 0 Å². The highest BCUT2D eigenvalue weighted by Gasteiger charge is 2.26. The van der Waals surface area contributed by atoms with Crippen molar-refractivity contribution in [3.05, 3.63) is 136 Å². The highest BCUT2D eigenvalue weighted by atomic mass is 14.8. The number of rotatable bonds is 0. The molecule has 4 N–H and O–H groups in total. The molecule has 6 aromatic rings. The fourth-order valence-corrected chi connectivity index (χ4v) is 8.66. The van der Waals surface area contributed by atoms with Crippen molar-refractivity contribution in [1.29, 1.82) is 0 Å². The van der Waals surface area contributed by atoms with Crippen molar-refractivity contribution in [2.75, 3.05) is 0 Å². The molecule has 2 aromatic carbocycles. The van der Waals surface area contributed by atoms with Crippen LogP contribution in [0.15, 0.2) is 91.6 Å². The molecule has 0 spiro atoms. The summed E-state index contributed by atoms with van der Waals surface area (Å²) in [7, 11) is 0. The highest BCUT2D eigenvalue weighted by Crippen LogP contribution is 2.39. The molecular formula is C63H91N5. The lowest BCUT2D eigenvalue weighted by Gasteiger charge is -2.23. The van der Waals surface area contributed by atoms with E-state index >= 15 is 0 Å². The minimum absolute atomic E-state index is 0.146. The monoisotopic (exact) mass is 918 g/mol. The largest absolute Gasteiger partial charge is 0.361 e. The average Bonchev–Trinajstić information content (AvgIpc) is 3.99. The van der Waals surface area contributed by atoms with E-state index in [1.807, 2.05) is 6.20 Å². The van der Waals surface area contributed by atoms with Crippen LogP contribution < -0.4 is 0 Å². The molecule has 0 unspecified atom stereocenters. The van der Waals surface area contributed by atoms with Crippen LogP contribution >= 0.6 is 0 Å². The van der Waals surface area contributed by atoms with E-state index in [0.29, 0.717) is 0 Å². The number of fused-ring (bicyclic) bond motifs is 4. The summed E-state index contributed by atoms with van der Waals surface area (Å²) >= 11 is 0. The van der Waals surface area contributed by atoms with Gasteiger partial charge in [-0.3, -0.25) is 0 Å². The number of hydrogen-bond acceptors (Lipinski definition) is 1. The van der Waals surface area contributed by atoms with Crippen molar-refractivity contribution in [2.24, 2.45) is 0 Å². The third-order valence-electron chi connectivity index (χ3n) is 13.3. The van der Waals surface area contributed by atoms with Crippen molar-refractivity contribution in [1.82, 2.24) is 24.9 Å². The number of nitrogens with zero attached hydrogens (tertiary/aromatic N) is 1. The summed E-state index contributed by atoms with van der Waals surface area (Å²) in [6.45, 7) is 54.1. The third kappa shape index (κ3) is 12.8. The van der Waals surface area contributed by atoms with Gasteiger partial charge in [-0.2, -0.15) is 0 Å². The van der Waals surface area contributed by atoms with Crippen molar-refractivity contribution < 1.29 is 0 Å². The van der Waals surface area contributed by atoms with Crippen molar-refractivity contribution in [3.63, 3.8) is 0 Å². The fraction of sp³-hybridized carbons (Fsp3) is 0.508. The van der Waals surface area contributed by atoms with E-state index in [0.717, 1.165) is 5.65 Å². The van der Waals surface area contributed by atoms with E-state index in [4.69, 9.17) is 0 Å². The van der Waals surface area contributed by atoms with Crippen LogP contribution in [0.3, 0.4) is 0 Å². The SMILES string of the molecule is CC(C)(C)c1c[nH]c2ccc(C(C)(C)C)c-2c1.CC(C)(C)c1ccc2[nH]cc(C(C)(C)C)c2c1.CC(C)(C)c1ccc2[nH]cc(C(C)(C)C)c2c1.CC(C)(C)c1cnc2[nH]cc(C(C)(C)C)c2c1. The molecule has 1 aliphatic heterocycles. The van der Waals surface area contributed by atoms with E-state index in [-0.39, 0.29) is 43.3 Å². The van der Waals surface area contributed by atoms with Crippen molar-refractivity contribution in [3.8, 4) is 11.3 Å². The number of pyridine rings is 2. The number of nitrogens with one attached hydrogen (secondary N) is 4. The first-order valence-corrected chi connectivity index (χ1v) is 25.1. The van der Waals surface area contributed by atoms with Gasteiger partial charge in [-0.25, -0.2) is 4.98 Å². The predicted molar refractivity (Wildman–Crippen MR) is 300 cm³/mol. The van der Waals surface area contributed by atoms with Crippen LogP contribution in [0.1, 0.15) is 211 Å². The zero-order valence-corrected chi connectivity index (χ0v) is 47.1. The predicted octanol–water partition coefficient (Wildman–Crippen LogP) is 18.4. The van der Waals surface area contributed by atoms with Gasteiger partial charge < -0.3 is 19.9 Å². The van der Waals surface area contributed by atoms with E-state index in [2.05, 4.69) is 277 Å². The molecule has 8 rings (SSSR count). The molecule has 0 amide bonds. The number of aromatic amines is 4. The quantitative estimate of drug-likeness (QED) is 0.120. The maximum atomic E-state index is 4.53. The molecule has 0 fully saturated rings. The maximum Gasteiger partial charge on any atom is 0.137 e. The van der Waals surface area contributed by atoms with Gasteiger partial charge in [0.25, 0.3) is 0 Å². The van der Waals surface area contributed by atoms with Crippen LogP contribution in [0.5, 0.6) is 0 Å². The number of hydrogen-bond donors (Lipinski definition) is 4. The molecule has 2 aliphatic rings. The van der Waals surface area contributed by atoms with E-state index in [1.54, 1.807) is 0 Å². The molecule has 0 bridgehead atoms. The first-order valence-electron chi connectivity index (χ1n) is 25.1. The zero-order valence-electron chi connectivity index (χ0n) is 47.1.